The number of amides is 1. The molecule has 22 heavy (non-hydrogen) atoms. The van der Waals surface area contributed by atoms with Crippen LogP contribution in [0.1, 0.15) is 37.0 Å². The molecule has 1 amide bonds. The van der Waals surface area contributed by atoms with Gasteiger partial charge in [-0.2, -0.15) is 0 Å². The van der Waals surface area contributed by atoms with Gasteiger partial charge < -0.3 is 4.74 Å². The molecule has 1 aromatic heterocycles. The molecular weight excluding hydrogens is 318 g/mol. The first-order valence-corrected chi connectivity index (χ1v) is 9.03. The summed E-state index contributed by atoms with van der Waals surface area (Å²) in [6, 6.07) is 7.12. The summed E-state index contributed by atoms with van der Waals surface area (Å²) in [6.07, 6.45) is 2.12. The van der Waals surface area contributed by atoms with Gasteiger partial charge in [-0.1, -0.05) is 43.4 Å². The number of hydrogen-bond acceptors (Lipinski definition) is 6. The molecule has 0 aliphatic heterocycles. The molecule has 5 nitrogen and oxygen atoms in total. The monoisotopic (exact) mass is 337 g/mol. The summed E-state index contributed by atoms with van der Waals surface area (Å²) in [4.78, 5) is 12.1. The molecular formula is C15H19N3O2S2. The SMILES string of the molecule is CCCCOc1ccc(C(=O)Nc2nnc(SCC)s2)cc1. The van der Waals surface area contributed by atoms with E-state index in [1.807, 2.05) is 12.1 Å². The molecule has 0 fully saturated rings. The minimum Gasteiger partial charge on any atom is -0.494 e. The minimum absolute atomic E-state index is 0.190. The molecule has 0 unspecified atom stereocenters. The van der Waals surface area contributed by atoms with Gasteiger partial charge in [0.25, 0.3) is 5.91 Å². The predicted molar refractivity (Wildman–Crippen MR) is 91.1 cm³/mol. The number of carbonyl (C=O) groups excluding carboxylic acids is 1. The topological polar surface area (TPSA) is 64.1 Å². The Morgan fingerprint density at radius 3 is 2.73 bits per heavy atom. The van der Waals surface area contributed by atoms with Gasteiger partial charge in [0, 0.05) is 5.56 Å². The highest BCUT2D eigenvalue weighted by Crippen LogP contribution is 2.25. The zero-order valence-corrected chi connectivity index (χ0v) is 14.3. The van der Waals surface area contributed by atoms with Gasteiger partial charge in [-0.3, -0.25) is 10.1 Å². The highest BCUT2D eigenvalue weighted by Gasteiger charge is 2.10. The zero-order valence-electron chi connectivity index (χ0n) is 12.7. The van der Waals surface area contributed by atoms with Crippen LogP contribution in [-0.4, -0.2) is 28.5 Å². The molecule has 1 N–H and O–H groups in total. The van der Waals surface area contributed by atoms with E-state index in [4.69, 9.17) is 4.74 Å². The second-order valence-electron chi connectivity index (χ2n) is 4.49. The number of rotatable bonds is 8. The molecule has 1 heterocycles. The fraction of sp³-hybridized carbons (Fsp3) is 0.400. The van der Waals surface area contributed by atoms with Crippen LogP contribution in [0.3, 0.4) is 0 Å². The number of nitrogens with one attached hydrogen (secondary N) is 1. The first-order chi connectivity index (χ1) is 10.7. The van der Waals surface area contributed by atoms with E-state index in [9.17, 15) is 4.79 Å². The molecule has 0 saturated heterocycles. The molecule has 2 rings (SSSR count). The Morgan fingerprint density at radius 1 is 1.27 bits per heavy atom. The van der Waals surface area contributed by atoms with Crippen molar-refractivity contribution < 1.29 is 9.53 Å². The lowest BCUT2D eigenvalue weighted by atomic mass is 10.2. The minimum atomic E-state index is -0.190. The third-order valence-corrected chi connectivity index (χ3v) is 4.63. The molecule has 0 aliphatic rings. The fourth-order valence-electron chi connectivity index (χ4n) is 1.65. The molecule has 0 radical (unpaired) electrons. The smallest absolute Gasteiger partial charge is 0.257 e. The molecule has 0 spiro atoms. The van der Waals surface area contributed by atoms with Gasteiger partial charge in [-0.15, -0.1) is 10.2 Å². The van der Waals surface area contributed by atoms with Crippen molar-refractivity contribution in [3.05, 3.63) is 29.8 Å². The summed E-state index contributed by atoms with van der Waals surface area (Å²) in [7, 11) is 0. The number of anilines is 1. The average Bonchev–Trinajstić information content (AvgIpc) is 2.96. The number of unbranched alkanes of at least 4 members (excludes halogenated alkanes) is 1. The highest BCUT2D eigenvalue weighted by atomic mass is 32.2. The van der Waals surface area contributed by atoms with Crippen molar-refractivity contribution in [1.82, 2.24) is 10.2 Å². The Bertz CT molecular complexity index is 599. The summed E-state index contributed by atoms with van der Waals surface area (Å²) in [6.45, 7) is 4.87. The van der Waals surface area contributed by atoms with Crippen LogP contribution in [0.15, 0.2) is 28.6 Å². The van der Waals surface area contributed by atoms with Gasteiger partial charge in [-0.05, 0) is 36.4 Å². The molecule has 2 aromatic rings. The fourth-order valence-corrected chi connectivity index (χ4v) is 3.29. The Hall–Kier alpha value is -1.60. The van der Waals surface area contributed by atoms with E-state index >= 15 is 0 Å². The number of aromatic nitrogens is 2. The summed E-state index contributed by atoms with van der Waals surface area (Å²) in [5.41, 5.74) is 0.572. The van der Waals surface area contributed by atoms with Crippen molar-refractivity contribution >= 4 is 34.1 Å². The largest absolute Gasteiger partial charge is 0.494 e. The van der Waals surface area contributed by atoms with Gasteiger partial charge in [-0.25, -0.2) is 0 Å². The Morgan fingerprint density at radius 2 is 2.05 bits per heavy atom. The highest BCUT2D eigenvalue weighted by molar-refractivity contribution is 8.01. The summed E-state index contributed by atoms with van der Waals surface area (Å²) in [5, 5.41) is 11.2. The van der Waals surface area contributed by atoms with E-state index in [2.05, 4.69) is 29.4 Å². The van der Waals surface area contributed by atoms with Crippen LogP contribution in [0.5, 0.6) is 5.75 Å². The molecule has 118 valence electrons. The normalized spacial score (nSPS) is 10.5. The maximum Gasteiger partial charge on any atom is 0.257 e. The zero-order chi connectivity index (χ0) is 15.8. The number of ether oxygens (including phenoxy) is 1. The van der Waals surface area contributed by atoms with Crippen LogP contribution >= 0.6 is 23.1 Å². The molecule has 7 heteroatoms. The van der Waals surface area contributed by atoms with Gasteiger partial charge in [0.05, 0.1) is 6.61 Å². The third-order valence-electron chi connectivity index (χ3n) is 2.78. The number of hydrogen-bond donors (Lipinski definition) is 1. The number of thioether (sulfide) groups is 1. The molecule has 0 bridgehead atoms. The summed E-state index contributed by atoms with van der Waals surface area (Å²) in [5.74, 6) is 1.52. The van der Waals surface area contributed by atoms with Gasteiger partial charge >= 0.3 is 0 Å². The predicted octanol–water partition coefficient (Wildman–Crippen LogP) is 4.08. The van der Waals surface area contributed by atoms with Crippen molar-refractivity contribution in [3.8, 4) is 5.75 Å². The molecule has 1 aromatic carbocycles. The van der Waals surface area contributed by atoms with Crippen molar-refractivity contribution in [2.24, 2.45) is 0 Å². The number of benzene rings is 1. The lowest BCUT2D eigenvalue weighted by Crippen LogP contribution is -2.11. The van der Waals surface area contributed by atoms with E-state index in [0.29, 0.717) is 17.3 Å². The van der Waals surface area contributed by atoms with E-state index in [-0.39, 0.29) is 5.91 Å². The van der Waals surface area contributed by atoms with Crippen molar-refractivity contribution in [1.29, 1.82) is 0 Å². The van der Waals surface area contributed by atoms with Crippen LogP contribution in [0, 0.1) is 0 Å². The van der Waals surface area contributed by atoms with E-state index in [0.717, 1.165) is 28.7 Å². The quantitative estimate of drug-likeness (QED) is 0.447. The van der Waals surface area contributed by atoms with E-state index in [1.165, 1.54) is 11.3 Å². The maximum absolute atomic E-state index is 12.1. The average molecular weight is 337 g/mol. The lowest BCUT2D eigenvalue weighted by molar-refractivity contribution is 0.102. The van der Waals surface area contributed by atoms with Crippen molar-refractivity contribution in [3.63, 3.8) is 0 Å². The number of nitrogens with zero attached hydrogens (tertiary/aromatic N) is 2. The Balaban J connectivity index is 1.91. The standard InChI is InChI=1S/C15H19N3O2S2/c1-3-5-10-20-12-8-6-11(7-9-12)13(19)16-14-17-18-15(22-14)21-4-2/h6-9H,3-5,10H2,1-2H3,(H,16,17,19). The second-order valence-corrected chi connectivity index (χ2v) is 6.98. The van der Waals surface area contributed by atoms with Crippen LogP contribution in [-0.2, 0) is 0 Å². The van der Waals surface area contributed by atoms with Crippen molar-refractivity contribution in [2.75, 3.05) is 17.7 Å². The molecule has 0 aliphatic carbocycles. The van der Waals surface area contributed by atoms with Gasteiger partial charge in [0.15, 0.2) is 4.34 Å². The third kappa shape index (κ3) is 4.99. The number of carbonyl (C=O) groups is 1. The summed E-state index contributed by atoms with van der Waals surface area (Å²) >= 11 is 2.99. The van der Waals surface area contributed by atoms with Crippen LogP contribution < -0.4 is 10.1 Å². The lowest BCUT2D eigenvalue weighted by Gasteiger charge is -2.06. The Kier molecular flexibility index (Phi) is 6.67. The van der Waals surface area contributed by atoms with E-state index in [1.54, 1.807) is 23.9 Å². The molecule has 0 atom stereocenters. The van der Waals surface area contributed by atoms with Crippen LogP contribution in [0.4, 0.5) is 5.13 Å². The first-order valence-electron chi connectivity index (χ1n) is 7.23. The van der Waals surface area contributed by atoms with Crippen LogP contribution in [0.25, 0.3) is 0 Å². The van der Waals surface area contributed by atoms with Crippen LogP contribution in [0.2, 0.25) is 0 Å². The Labute approximate surface area is 138 Å². The van der Waals surface area contributed by atoms with E-state index < -0.39 is 0 Å². The second kappa shape index (κ2) is 8.75. The first kappa shape index (κ1) is 16.8. The van der Waals surface area contributed by atoms with Crippen molar-refractivity contribution in [2.45, 2.75) is 31.0 Å². The van der Waals surface area contributed by atoms with Gasteiger partial charge in [0.2, 0.25) is 5.13 Å². The van der Waals surface area contributed by atoms with Gasteiger partial charge in [0.1, 0.15) is 5.75 Å². The molecule has 0 saturated carbocycles. The maximum atomic E-state index is 12.1. The summed E-state index contributed by atoms with van der Waals surface area (Å²) < 4.78 is 6.43.